The number of rotatable bonds is 7. The largest absolute Gasteiger partial charge is 0.506 e. The van der Waals surface area contributed by atoms with Crippen LogP contribution < -0.4 is 16.4 Å². The van der Waals surface area contributed by atoms with E-state index in [0.717, 1.165) is 5.56 Å². The van der Waals surface area contributed by atoms with E-state index in [1.807, 2.05) is 19.1 Å². The molecule has 36 heavy (non-hydrogen) atoms. The van der Waals surface area contributed by atoms with E-state index in [1.165, 1.54) is 6.08 Å². The second-order valence-corrected chi connectivity index (χ2v) is 10.6. The molecule has 7 nitrogen and oxygen atoms in total. The summed E-state index contributed by atoms with van der Waals surface area (Å²) in [6.45, 7) is 5.54. The fourth-order valence-electron chi connectivity index (χ4n) is 3.46. The van der Waals surface area contributed by atoms with Gasteiger partial charge in [-0.3, -0.25) is 10.1 Å². The van der Waals surface area contributed by atoms with Gasteiger partial charge in [-0.1, -0.05) is 65.7 Å². The Morgan fingerprint density at radius 3 is 2.39 bits per heavy atom. The first kappa shape index (κ1) is 27.3. The Bertz CT molecular complexity index is 1290. The number of hydrogen-bond donors (Lipinski definition) is 4. The number of anilines is 3. The molecule has 0 aliphatic rings. The highest BCUT2D eigenvalue weighted by Gasteiger charge is 2.35. The molecule has 0 bridgehead atoms. The Labute approximate surface area is 227 Å². The van der Waals surface area contributed by atoms with E-state index in [0.29, 0.717) is 31.6 Å². The fraction of sp³-hybridized carbons (Fsp3) is 0.185. The quantitative estimate of drug-likeness (QED) is 0.164. The maximum Gasteiger partial charge on any atom is 0.412 e. The third kappa shape index (κ3) is 7.11. The summed E-state index contributed by atoms with van der Waals surface area (Å²) in [7, 11) is 0. The second-order valence-electron chi connectivity index (χ2n) is 8.83. The highest BCUT2D eigenvalue weighted by Crippen LogP contribution is 2.45. The number of aromatic hydroxyl groups is 1. The molecule has 5 N–H and O–H groups in total. The average molecular weight is 617 g/mol. The molecule has 3 aromatic carbocycles. The van der Waals surface area contributed by atoms with E-state index < -0.39 is 23.5 Å². The van der Waals surface area contributed by atoms with Crippen molar-refractivity contribution >= 4 is 60.9 Å². The van der Waals surface area contributed by atoms with E-state index >= 15 is 0 Å². The van der Waals surface area contributed by atoms with E-state index in [1.54, 1.807) is 68.5 Å². The molecule has 0 spiro atoms. The number of phenolic OH excluding ortho intramolecular Hbond substituents is 1. The first-order chi connectivity index (χ1) is 17.0. The second kappa shape index (κ2) is 11.6. The molecule has 0 aliphatic heterocycles. The minimum absolute atomic E-state index is 0.0747. The van der Waals surface area contributed by atoms with E-state index in [9.17, 15) is 14.7 Å². The van der Waals surface area contributed by atoms with Gasteiger partial charge in [0.05, 0.1) is 15.8 Å². The molecule has 0 unspecified atom stereocenters. The maximum atomic E-state index is 12.9. The molecule has 3 aromatic rings. The van der Waals surface area contributed by atoms with Gasteiger partial charge in [0, 0.05) is 21.1 Å². The van der Waals surface area contributed by atoms with Crippen LogP contribution in [0.4, 0.5) is 21.9 Å². The lowest BCUT2D eigenvalue weighted by molar-refractivity contribution is -0.112. The molecule has 188 valence electrons. The van der Waals surface area contributed by atoms with Crippen LogP contribution in [0.15, 0.2) is 81.8 Å². The van der Waals surface area contributed by atoms with Crippen molar-refractivity contribution in [3.05, 3.63) is 92.9 Å². The number of nitrogens with one attached hydrogen (secondary N) is 2. The lowest BCUT2D eigenvalue weighted by Crippen LogP contribution is -2.28. The minimum Gasteiger partial charge on any atom is -0.506 e. The zero-order chi connectivity index (χ0) is 26.5. The summed E-state index contributed by atoms with van der Waals surface area (Å²) < 4.78 is 6.94. The van der Waals surface area contributed by atoms with Crippen molar-refractivity contribution in [2.75, 3.05) is 16.4 Å². The molecular formula is C27H27Br2N3O4. The summed E-state index contributed by atoms with van der Waals surface area (Å²) in [5, 5.41) is 16.2. The van der Waals surface area contributed by atoms with Crippen molar-refractivity contribution in [3.8, 4) is 5.75 Å². The lowest BCUT2D eigenvalue weighted by Gasteiger charge is -2.32. The molecule has 0 saturated carbocycles. The molecule has 2 amide bonds. The van der Waals surface area contributed by atoms with Gasteiger partial charge in [-0.2, -0.15) is 0 Å². The molecular weight excluding hydrogens is 590 g/mol. The zero-order valence-electron chi connectivity index (χ0n) is 20.0. The number of halogens is 2. The maximum absolute atomic E-state index is 12.9. The average Bonchev–Trinajstić information content (AvgIpc) is 2.82. The summed E-state index contributed by atoms with van der Waals surface area (Å²) >= 11 is 6.76. The van der Waals surface area contributed by atoms with Crippen LogP contribution in [0.1, 0.15) is 31.1 Å². The smallest absolute Gasteiger partial charge is 0.412 e. The Kier molecular flexibility index (Phi) is 8.81. The number of carbonyl (C=O) groups is 2. The molecule has 0 heterocycles. The Morgan fingerprint density at radius 1 is 1.06 bits per heavy atom. The monoisotopic (exact) mass is 615 g/mol. The third-order valence-electron chi connectivity index (χ3n) is 5.42. The van der Waals surface area contributed by atoms with Gasteiger partial charge in [-0.15, -0.1) is 0 Å². The summed E-state index contributed by atoms with van der Waals surface area (Å²) in [6.07, 6.45) is 1.31. The molecule has 0 aliphatic carbocycles. The lowest BCUT2D eigenvalue weighted by atomic mass is 9.81. The number of nitrogen functional groups attached to an aromatic ring is 1. The van der Waals surface area contributed by atoms with Gasteiger partial charge >= 0.3 is 6.09 Å². The minimum atomic E-state index is -0.956. The van der Waals surface area contributed by atoms with Gasteiger partial charge in [-0.25, -0.2) is 4.79 Å². The Hall–Kier alpha value is -3.30. The van der Waals surface area contributed by atoms with Crippen molar-refractivity contribution in [1.29, 1.82) is 0 Å². The van der Waals surface area contributed by atoms with Gasteiger partial charge in [0.1, 0.15) is 11.9 Å². The predicted octanol–water partition coefficient (Wildman–Crippen LogP) is 7.32. The molecule has 0 aromatic heterocycles. The number of hydrogen-bond acceptors (Lipinski definition) is 5. The van der Waals surface area contributed by atoms with Crippen molar-refractivity contribution in [2.45, 2.75) is 26.9 Å². The highest BCUT2D eigenvalue weighted by molar-refractivity contribution is 9.11. The standard InChI is InChI=1S/C27H27Br2N3O4/c1-16-8-10-18(11-9-16)31-26(35)36-25(19-14-17(28)15-20(29)24(19)34)27(2,3)13-12-23(33)32-22-7-5-4-6-21(22)30/h4-15,25,34H,30H2,1-3H3,(H,31,35)(H,32,33)/b13-12+/t25-/m1/s1. The van der Waals surface area contributed by atoms with Gasteiger partial charge in [0.25, 0.3) is 0 Å². The first-order valence-corrected chi connectivity index (χ1v) is 12.6. The molecule has 9 heteroatoms. The van der Waals surface area contributed by atoms with Crippen LogP contribution in [0.3, 0.4) is 0 Å². The van der Waals surface area contributed by atoms with Gasteiger partial charge in [0.15, 0.2) is 0 Å². The summed E-state index contributed by atoms with van der Waals surface area (Å²) in [5.74, 6) is -0.474. The molecule has 0 radical (unpaired) electrons. The molecule has 3 rings (SSSR count). The van der Waals surface area contributed by atoms with Crippen molar-refractivity contribution < 1.29 is 19.4 Å². The topological polar surface area (TPSA) is 114 Å². The number of amides is 2. The number of nitrogens with two attached hydrogens (primary N) is 1. The summed E-state index contributed by atoms with van der Waals surface area (Å²) in [5.41, 5.74) is 7.90. The van der Waals surface area contributed by atoms with E-state index in [4.69, 9.17) is 10.5 Å². The highest BCUT2D eigenvalue weighted by atomic mass is 79.9. The number of phenols is 1. The number of carbonyl (C=O) groups excluding carboxylic acids is 2. The van der Waals surface area contributed by atoms with Crippen LogP contribution in [0.25, 0.3) is 0 Å². The van der Waals surface area contributed by atoms with Crippen LogP contribution in [-0.4, -0.2) is 17.1 Å². The van der Waals surface area contributed by atoms with Crippen LogP contribution in [0.2, 0.25) is 0 Å². The fourth-order valence-corrected chi connectivity index (χ4v) is 4.71. The van der Waals surface area contributed by atoms with Crippen LogP contribution in [-0.2, 0) is 9.53 Å². The number of para-hydroxylation sites is 2. The Morgan fingerprint density at radius 2 is 1.72 bits per heavy atom. The number of aryl methyl sites for hydroxylation is 1. The van der Waals surface area contributed by atoms with Crippen LogP contribution >= 0.6 is 31.9 Å². The van der Waals surface area contributed by atoms with Crippen molar-refractivity contribution in [3.63, 3.8) is 0 Å². The number of benzene rings is 3. The van der Waals surface area contributed by atoms with Crippen molar-refractivity contribution in [1.82, 2.24) is 0 Å². The first-order valence-electron chi connectivity index (χ1n) is 11.0. The van der Waals surface area contributed by atoms with Gasteiger partial charge in [-0.05, 0) is 65.3 Å². The van der Waals surface area contributed by atoms with E-state index in [2.05, 4.69) is 42.5 Å². The van der Waals surface area contributed by atoms with Gasteiger partial charge < -0.3 is 20.9 Å². The number of ether oxygens (including phenoxy) is 1. The third-order valence-corrected chi connectivity index (χ3v) is 6.48. The van der Waals surface area contributed by atoms with Crippen LogP contribution in [0, 0.1) is 12.3 Å². The van der Waals surface area contributed by atoms with E-state index in [-0.39, 0.29) is 5.75 Å². The zero-order valence-corrected chi connectivity index (χ0v) is 23.2. The summed E-state index contributed by atoms with van der Waals surface area (Å²) in [4.78, 5) is 25.5. The Balaban J connectivity index is 1.89. The van der Waals surface area contributed by atoms with Crippen LogP contribution in [0.5, 0.6) is 5.75 Å². The van der Waals surface area contributed by atoms with Gasteiger partial charge in [0.2, 0.25) is 5.91 Å². The molecule has 0 fully saturated rings. The predicted molar refractivity (Wildman–Crippen MR) is 150 cm³/mol. The van der Waals surface area contributed by atoms with Crippen molar-refractivity contribution in [2.24, 2.45) is 5.41 Å². The molecule has 0 saturated heterocycles. The SMILES string of the molecule is Cc1ccc(NC(=O)O[C@H](c2cc(Br)cc(Br)c2O)C(C)(C)/C=C/C(=O)Nc2ccccc2N)cc1. The summed E-state index contributed by atoms with van der Waals surface area (Å²) in [6, 6.07) is 17.6. The normalized spacial score (nSPS) is 12.2. The molecule has 1 atom stereocenters.